The zero-order valence-corrected chi connectivity index (χ0v) is 10.6. The van der Waals surface area contributed by atoms with Crippen molar-refractivity contribution in [3.8, 4) is 11.5 Å². The number of halogens is 1. The van der Waals surface area contributed by atoms with Gasteiger partial charge in [0.15, 0.2) is 0 Å². The van der Waals surface area contributed by atoms with Crippen LogP contribution >= 0.6 is 24.2 Å². The number of benzene rings is 1. The Balaban J connectivity index is 2.98. The van der Waals surface area contributed by atoms with E-state index in [2.05, 4.69) is 12.6 Å². The molecule has 0 saturated carbocycles. The fourth-order valence-electron chi connectivity index (χ4n) is 1.39. The van der Waals surface area contributed by atoms with Crippen LogP contribution < -0.4 is 9.47 Å². The van der Waals surface area contributed by atoms with Gasteiger partial charge in [-0.05, 0) is 30.2 Å². The molecule has 84 valence electrons. The topological polar surface area (TPSA) is 18.5 Å². The average Bonchev–Trinajstić information content (AvgIpc) is 2.26. The lowest BCUT2D eigenvalue weighted by Crippen LogP contribution is -1.95. The molecule has 1 rings (SSSR count). The molecule has 4 heteroatoms. The molecule has 0 aliphatic rings. The normalized spacial score (nSPS) is 10.1. The van der Waals surface area contributed by atoms with Crippen molar-refractivity contribution in [2.75, 3.05) is 20.0 Å². The largest absolute Gasteiger partial charge is 0.496 e. The third-order valence-corrected chi connectivity index (χ3v) is 2.77. The highest BCUT2D eigenvalue weighted by atomic mass is 35.5. The van der Waals surface area contributed by atoms with Gasteiger partial charge in [-0.2, -0.15) is 12.6 Å². The Morgan fingerprint density at radius 1 is 1.20 bits per heavy atom. The fraction of sp³-hybridized carbons (Fsp3) is 0.455. The second-order valence-corrected chi connectivity index (χ2v) is 3.98. The van der Waals surface area contributed by atoms with E-state index in [4.69, 9.17) is 21.1 Å². The molecule has 0 radical (unpaired) electrons. The Morgan fingerprint density at radius 3 is 2.40 bits per heavy atom. The van der Waals surface area contributed by atoms with Gasteiger partial charge in [-0.3, -0.25) is 0 Å². The maximum absolute atomic E-state index is 6.04. The van der Waals surface area contributed by atoms with Gasteiger partial charge in [0.25, 0.3) is 0 Å². The SMILES string of the molecule is COc1cc(OC)c(CCCS)cc1Cl. The van der Waals surface area contributed by atoms with Gasteiger partial charge in [0.1, 0.15) is 11.5 Å². The van der Waals surface area contributed by atoms with Crippen LogP contribution in [0.25, 0.3) is 0 Å². The summed E-state index contributed by atoms with van der Waals surface area (Å²) in [5.74, 6) is 2.31. The van der Waals surface area contributed by atoms with Crippen LogP contribution in [0.15, 0.2) is 12.1 Å². The highest BCUT2D eigenvalue weighted by Gasteiger charge is 2.09. The lowest BCUT2D eigenvalue weighted by molar-refractivity contribution is 0.391. The molecule has 1 aromatic rings. The average molecular weight is 247 g/mol. The summed E-state index contributed by atoms with van der Waals surface area (Å²) in [7, 11) is 3.24. The number of hydrogen-bond acceptors (Lipinski definition) is 3. The number of rotatable bonds is 5. The van der Waals surface area contributed by atoms with Crippen molar-refractivity contribution >= 4 is 24.2 Å². The number of hydrogen-bond donors (Lipinski definition) is 1. The minimum atomic E-state index is 0.618. The summed E-state index contributed by atoms with van der Waals surface area (Å²) in [5.41, 5.74) is 1.09. The first-order valence-electron chi connectivity index (χ1n) is 4.74. The number of ether oxygens (including phenoxy) is 2. The maximum Gasteiger partial charge on any atom is 0.141 e. The minimum Gasteiger partial charge on any atom is -0.496 e. The summed E-state index contributed by atoms with van der Waals surface area (Å²) in [5, 5.41) is 0.618. The van der Waals surface area contributed by atoms with Crippen molar-refractivity contribution in [2.45, 2.75) is 12.8 Å². The van der Waals surface area contributed by atoms with E-state index in [0.717, 1.165) is 29.9 Å². The van der Waals surface area contributed by atoms with Crippen LogP contribution in [0.5, 0.6) is 11.5 Å². The van der Waals surface area contributed by atoms with Crippen LogP contribution in [0.4, 0.5) is 0 Å². The van der Waals surface area contributed by atoms with Crippen molar-refractivity contribution in [2.24, 2.45) is 0 Å². The van der Waals surface area contributed by atoms with Crippen LogP contribution in [-0.4, -0.2) is 20.0 Å². The van der Waals surface area contributed by atoms with E-state index in [1.807, 2.05) is 12.1 Å². The maximum atomic E-state index is 6.04. The van der Waals surface area contributed by atoms with Crippen LogP contribution in [0, 0.1) is 0 Å². The molecule has 2 nitrogen and oxygen atoms in total. The Hall–Kier alpha value is -0.540. The van der Waals surface area contributed by atoms with E-state index in [1.54, 1.807) is 14.2 Å². The van der Waals surface area contributed by atoms with E-state index in [-0.39, 0.29) is 0 Å². The molecule has 0 amide bonds. The van der Waals surface area contributed by atoms with Crippen molar-refractivity contribution in [3.05, 3.63) is 22.7 Å². The second kappa shape index (κ2) is 6.13. The molecule has 0 atom stereocenters. The van der Waals surface area contributed by atoms with Gasteiger partial charge < -0.3 is 9.47 Å². The molecular formula is C11H15ClO2S. The summed E-state index contributed by atoms with van der Waals surface area (Å²) in [4.78, 5) is 0. The van der Waals surface area contributed by atoms with Crippen molar-refractivity contribution in [1.82, 2.24) is 0 Å². The molecule has 0 aliphatic carbocycles. The molecule has 0 aromatic heterocycles. The quantitative estimate of drug-likeness (QED) is 0.805. The number of thiol groups is 1. The lowest BCUT2D eigenvalue weighted by atomic mass is 10.1. The number of methoxy groups -OCH3 is 2. The number of aryl methyl sites for hydroxylation is 1. The van der Waals surface area contributed by atoms with Crippen LogP contribution in [0.2, 0.25) is 5.02 Å². The molecule has 0 bridgehead atoms. The van der Waals surface area contributed by atoms with Crippen LogP contribution in [0.3, 0.4) is 0 Å². The van der Waals surface area contributed by atoms with Gasteiger partial charge >= 0.3 is 0 Å². The predicted molar refractivity (Wildman–Crippen MR) is 66.7 cm³/mol. The summed E-state index contributed by atoms with van der Waals surface area (Å²) < 4.78 is 10.4. The predicted octanol–water partition coefficient (Wildman–Crippen LogP) is 3.22. The van der Waals surface area contributed by atoms with Crippen LogP contribution in [0.1, 0.15) is 12.0 Å². The molecule has 0 unspecified atom stereocenters. The zero-order valence-electron chi connectivity index (χ0n) is 8.92. The molecule has 1 aromatic carbocycles. The van der Waals surface area contributed by atoms with E-state index < -0.39 is 0 Å². The first-order chi connectivity index (χ1) is 7.22. The molecule has 15 heavy (non-hydrogen) atoms. The van der Waals surface area contributed by atoms with Crippen LogP contribution in [-0.2, 0) is 6.42 Å². The minimum absolute atomic E-state index is 0.618. The first kappa shape index (κ1) is 12.5. The van der Waals surface area contributed by atoms with Crippen molar-refractivity contribution < 1.29 is 9.47 Å². The standard InChI is InChI=1S/C11H15ClO2S/c1-13-10-7-11(14-2)9(12)6-8(10)4-3-5-15/h6-7,15H,3-5H2,1-2H3. The van der Waals surface area contributed by atoms with E-state index >= 15 is 0 Å². The zero-order chi connectivity index (χ0) is 11.3. The third-order valence-electron chi connectivity index (χ3n) is 2.16. The first-order valence-corrected chi connectivity index (χ1v) is 5.75. The molecule has 0 heterocycles. The fourth-order valence-corrected chi connectivity index (χ4v) is 1.81. The Labute approximate surface area is 101 Å². The lowest BCUT2D eigenvalue weighted by Gasteiger charge is -2.11. The summed E-state index contributed by atoms with van der Waals surface area (Å²) in [6, 6.07) is 3.71. The van der Waals surface area contributed by atoms with E-state index in [9.17, 15) is 0 Å². The third kappa shape index (κ3) is 3.21. The van der Waals surface area contributed by atoms with Crippen molar-refractivity contribution in [3.63, 3.8) is 0 Å². The summed E-state index contributed by atoms with van der Waals surface area (Å²) in [6.45, 7) is 0. The Bertz CT molecular complexity index is 329. The molecule has 0 saturated heterocycles. The van der Waals surface area contributed by atoms with E-state index in [1.165, 1.54) is 0 Å². The van der Waals surface area contributed by atoms with Gasteiger partial charge in [-0.15, -0.1) is 0 Å². The van der Waals surface area contributed by atoms with E-state index in [0.29, 0.717) is 10.8 Å². The molecular weight excluding hydrogens is 232 g/mol. The van der Waals surface area contributed by atoms with Gasteiger partial charge in [0.2, 0.25) is 0 Å². The molecule has 0 aliphatic heterocycles. The molecule has 0 spiro atoms. The smallest absolute Gasteiger partial charge is 0.141 e. The van der Waals surface area contributed by atoms with Gasteiger partial charge in [-0.1, -0.05) is 11.6 Å². The summed E-state index contributed by atoms with van der Waals surface area (Å²) >= 11 is 10.2. The Kier molecular flexibility index (Phi) is 5.12. The van der Waals surface area contributed by atoms with Gasteiger partial charge in [0.05, 0.1) is 19.2 Å². The monoisotopic (exact) mass is 246 g/mol. The summed E-state index contributed by atoms with van der Waals surface area (Å²) in [6.07, 6.45) is 1.92. The highest BCUT2D eigenvalue weighted by molar-refractivity contribution is 7.80. The Morgan fingerprint density at radius 2 is 1.87 bits per heavy atom. The molecule has 0 fully saturated rings. The highest BCUT2D eigenvalue weighted by Crippen LogP contribution is 2.33. The second-order valence-electron chi connectivity index (χ2n) is 3.13. The molecule has 0 N–H and O–H groups in total. The van der Waals surface area contributed by atoms with Gasteiger partial charge in [-0.25, -0.2) is 0 Å². The van der Waals surface area contributed by atoms with Gasteiger partial charge in [0, 0.05) is 6.07 Å². The van der Waals surface area contributed by atoms with Crippen molar-refractivity contribution in [1.29, 1.82) is 0 Å².